The smallest absolute Gasteiger partial charge is 0.261 e. The van der Waals surface area contributed by atoms with Gasteiger partial charge in [0.2, 0.25) is 10.0 Å². The summed E-state index contributed by atoms with van der Waals surface area (Å²) >= 11 is 1.44. The Bertz CT molecular complexity index is 993. The normalized spacial score (nSPS) is 21.8. The van der Waals surface area contributed by atoms with Crippen molar-refractivity contribution in [2.75, 3.05) is 19.7 Å². The van der Waals surface area contributed by atoms with E-state index in [9.17, 15) is 13.2 Å². The fourth-order valence-corrected chi connectivity index (χ4v) is 7.49. The number of thiophene rings is 1. The van der Waals surface area contributed by atoms with Crippen LogP contribution in [-0.4, -0.2) is 49.6 Å². The van der Waals surface area contributed by atoms with E-state index in [1.54, 1.807) is 4.31 Å². The molecule has 1 saturated heterocycles. The standard InChI is InChI=1S/C21H28N2O4S2/c1-14(2)22-21(24)20-19(16-9-5-6-10-18(16)28-20)17-13-23(11-12-27-17)29(25,26)15-7-3-4-8-15/h5-6,9-10,14-15,17H,3-4,7-8,11-13H2,1-2H3,(H,22,24)/t17-/m1/s1. The van der Waals surface area contributed by atoms with Gasteiger partial charge in [-0.05, 0) is 38.1 Å². The molecular weight excluding hydrogens is 408 g/mol. The zero-order valence-corrected chi connectivity index (χ0v) is 18.5. The van der Waals surface area contributed by atoms with Crippen LogP contribution >= 0.6 is 11.3 Å². The third-order valence-corrected chi connectivity index (χ3v) is 9.25. The van der Waals surface area contributed by atoms with E-state index < -0.39 is 16.1 Å². The maximum atomic E-state index is 13.1. The van der Waals surface area contributed by atoms with E-state index in [2.05, 4.69) is 5.32 Å². The van der Waals surface area contributed by atoms with Crippen LogP contribution in [0.15, 0.2) is 24.3 Å². The molecule has 2 heterocycles. The number of sulfonamides is 1. The highest BCUT2D eigenvalue weighted by Crippen LogP contribution is 2.39. The van der Waals surface area contributed by atoms with Gasteiger partial charge in [-0.1, -0.05) is 31.0 Å². The second-order valence-electron chi connectivity index (χ2n) is 8.14. The summed E-state index contributed by atoms with van der Waals surface area (Å²) in [5.41, 5.74) is 0.815. The number of carbonyl (C=O) groups is 1. The van der Waals surface area contributed by atoms with Crippen LogP contribution in [0.1, 0.15) is 60.9 Å². The Balaban J connectivity index is 1.69. The van der Waals surface area contributed by atoms with Crippen LogP contribution in [0.2, 0.25) is 0 Å². The minimum atomic E-state index is -3.33. The lowest BCUT2D eigenvalue weighted by atomic mass is 10.0. The van der Waals surface area contributed by atoms with Gasteiger partial charge in [-0.3, -0.25) is 4.79 Å². The lowest BCUT2D eigenvalue weighted by molar-refractivity contribution is -0.00220. The summed E-state index contributed by atoms with van der Waals surface area (Å²) in [7, 11) is -3.33. The predicted octanol–water partition coefficient (Wildman–Crippen LogP) is 3.69. The number of hydrogen-bond donors (Lipinski definition) is 1. The third kappa shape index (κ3) is 4.08. The summed E-state index contributed by atoms with van der Waals surface area (Å²) < 4.78 is 34.9. The number of ether oxygens (including phenoxy) is 1. The van der Waals surface area contributed by atoms with Gasteiger partial charge >= 0.3 is 0 Å². The highest BCUT2D eigenvalue weighted by atomic mass is 32.2. The molecule has 1 atom stereocenters. The van der Waals surface area contributed by atoms with Crippen molar-refractivity contribution in [2.45, 2.75) is 56.9 Å². The molecule has 1 amide bonds. The van der Waals surface area contributed by atoms with E-state index in [0.29, 0.717) is 18.0 Å². The molecule has 1 aliphatic heterocycles. The average Bonchev–Trinajstić information content (AvgIpc) is 3.36. The van der Waals surface area contributed by atoms with E-state index in [1.165, 1.54) is 11.3 Å². The quantitative estimate of drug-likeness (QED) is 0.776. The third-order valence-electron chi connectivity index (χ3n) is 5.69. The summed E-state index contributed by atoms with van der Waals surface area (Å²) in [6.07, 6.45) is 3.00. The van der Waals surface area contributed by atoms with E-state index >= 15 is 0 Å². The van der Waals surface area contributed by atoms with Gasteiger partial charge in [0.05, 0.1) is 22.8 Å². The molecule has 4 rings (SSSR count). The second kappa shape index (κ2) is 8.34. The number of fused-ring (bicyclic) bond motifs is 1. The molecule has 1 aromatic carbocycles. The molecule has 6 nitrogen and oxygen atoms in total. The maximum Gasteiger partial charge on any atom is 0.261 e. The molecule has 1 aromatic heterocycles. The van der Waals surface area contributed by atoms with Gasteiger partial charge in [-0.15, -0.1) is 11.3 Å². The topological polar surface area (TPSA) is 75.7 Å². The summed E-state index contributed by atoms with van der Waals surface area (Å²) in [6.45, 7) is 4.84. The van der Waals surface area contributed by atoms with Gasteiger partial charge in [0.1, 0.15) is 0 Å². The van der Waals surface area contributed by atoms with Crippen molar-refractivity contribution in [3.8, 4) is 0 Å². The number of nitrogens with zero attached hydrogens (tertiary/aromatic N) is 1. The fraction of sp³-hybridized carbons (Fsp3) is 0.571. The molecule has 1 saturated carbocycles. The largest absolute Gasteiger partial charge is 0.371 e. The lowest BCUT2D eigenvalue weighted by Crippen LogP contribution is -2.46. The number of rotatable bonds is 5. The Morgan fingerprint density at radius 2 is 1.97 bits per heavy atom. The van der Waals surface area contributed by atoms with Crippen molar-refractivity contribution in [3.05, 3.63) is 34.7 Å². The van der Waals surface area contributed by atoms with Gasteiger partial charge in [-0.2, -0.15) is 4.31 Å². The van der Waals surface area contributed by atoms with E-state index in [-0.39, 0.29) is 23.7 Å². The van der Waals surface area contributed by atoms with Crippen molar-refractivity contribution in [2.24, 2.45) is 0 Å². The molecule has 8 heteroatoms. The van der Waals surface area contributed by atoms with Crippen molar-refractivity contribution in [3.63, 3.8) is 0 Å². The number of amides is 1. The van der Waals surface area contributed by atoms with Crippen LogP contribution in [0.3, 0.4) is 0 Å². The number of benzene rings is 1. The molecule has 2 aromatic rings. The first kappa shape index (κ1) is 20.8. The zero-order valence-electron chi connectivity index (χ0n) is 16.9. The average molecular weight is 437 g/mol. The van der Waals surface area contributed by atoms with Crippen molar-refractivity contribution in [1.29, 1.82) is 0 Å². The maximum absolute atomic E-state index is 13.1. The zero-order chi connectivity index (χ0) is 20.6. The minimum Gasteiger partial charge on any atom is -0.371 e. The van der Waals surface area contributed by atoms with Crippen molar-refractivity contribution in [1.82, 2.24) is 9.62 Å². The van der Waals surface area contributed by atoms with Crippen LogP contribution < -0.4 is 5.32 Å². The number of carbonyl (C=O) groups excluding carboxylic acids is 1. The highest BCUT2D eigenvalue weighted by Gasteiger charge is 2.39. The summed E-state index contributed by atoms with van der Waals surface area (Å²) in [5.74, 6) is -0.129. The van der Waals surface area contributed by atoms with E-state index in [4.69, 9.17) is 4.74 Å². The molecule has 29 heavy (non-hydrogen) atoms. The number of nitrogens with one attached hydrogen (secondary N) is 1. The predicted molar refractivity (Wildman–Crippen MR) is 116 cm³/mol. The minimum absolute atomic E-state index is 0.0204. The van der Waals surface area contributed by atoms with E-state index in [0.717, 1.165) is 41.3 Å². The first-order valence-corrected chi connectivity index (χ1v) is 12.6. The van der Waals surface area contributed by atoms with Gasteiger partial charge in [-0.25, -0.2) is 8.42 Å². The molecule has 0 spiro atoms. The van der Waals surface area contributed by atoms with Gasteiger partial charge in [0.25, 0.3) is 5.91 Å². The van der Waals surface area contributed by atoms with Gasteiger partial charge in [0.15, 0.2) is 0 Å². The monoisotopic (exact) mass is 436 g/mol. The molecule has 0 radical (unpaired) electrons. The fourth-order valence-electron chi connectivity index (χ4n) is 4.31. The Labute approximate surface area is 176 Å². The number of morpholine rings is 1. The Morgan fingerprint density at radius 3 is 2.69 bits per heavy atom. The van der Waals surface area contributed by atoms with Crippen LogP contribution in [0, 0.1) is 0 Å². The van der Waals surface area contributed by atoms with Gasteiger partial charge in [0, 0.05) is 29.4 Å². The number of hydrogen-bond acceptors (Lipinski definition) is 5. The molecular formula is C21H28N2O4S2. The Hall–Kier alpha value is -1.48. The van der Waals surface area contributed by atoms with Crippen molar-refractivity contribution >= 4 is 37.4 Å². The first-order valence-electron chi connectivity index (χ1n) is 10.3. The summed E-state index contributed by atoms with van der Waals surface area (Å²) in [4.78, 5) is 13.5. The molecule has 1 aliphatic carbocycles. The van der Waals surface area contributed by atoms with Crippen LogP contribution in [-0.2, 0) is 14.8 Å². The van der Waals surface area contributed by atoms with Crippen LogP contribution in [0.25, 0.3) is 10.1 Å². The van der Waals surface area contributed by atoms with Crippen molar-refractivity contribution < 1.29 is 17.9 Å². The SMILES string of the molecule is CC(C)NC(=O)c1sc2ccccc2c1[C@H]1CN(S(=O)(=O)C2CCCC2)CCO1. The Kier molecular flexibility index (Phi) is 5.97. The molecule has 2 fully saturated rings. The van der Waals surface area contributed by atoms with E-state index in [1.807, 2.05) is 38.1 Å². The highest BCUT2D eigenvalue weighted by molar-refractivity contribution is 7.89. The lowest BCUT2D eigenvalue weighted by Gasteiger charge is -2.34. The molecule has 0 bridgehead atoms. The second-order valence-corrected chi connectivity index (χ2v) is 11.4. The molecule has 158 valence electrons. The molecule has 1 N–H and O–H groups in total. The molecule has 2 aliphatic rings. The Morgan fingerprint density at radius 1 is 1.24 bits per heavy atom. The first-order chi connectivity index (χ1) is 13.9. The molecule has 0 unspecified atom stereocenters. The summed E-state index contributed by atoms with van der Waals surface area (Å²) in [6, 6.07) is 7.89. The van der Waals surface area contributed by atoms with Crippen LogP contribution in [0.4, 0.5) is 0 Å². The van der Waals surface area contributed by atoms with Gasteiger partial charge < -0.3 is 10.1 Å². The van der Waals surface area contributed by atoms with Crippen LogP contribution in [0.5, 0.6) is 0 Å². The summed E-state index contributed by atoms with van der Waals surface area (Å²) in [5, 5.41) is 3.66.